The van der Waals surface area contributed by atoms with E-state index in [1.165, 1.54) is 32.8 Å². The molecule has 2 rings (SSSR count). The van der Waals surface area contributed by atoms with E-state index >= 15 is 0 Å². The van der Waals surface area contributed by atoms with Gasteiger partial charge in [-0.15, -0.1) is 0 Å². The summed E-state index contributed by atoms with van der Waals surface area (Å²) in [6.07, 6.45) is 5.71. The Morgan fingerprint density at radius 1 is 1.35 bits per heavy atom. The van der Waals surface area contributed by atoms with E-state index < -0.39 is 0 Å². The van der Waals surface area contributed by atoms with E-state index in [2.05, 4.69) is 15.9 Å². The molecule has 0 unspecified atom stereocenters. The van der Waals surface area contributed by atoms with Gasteiger partial charge in [0.05, 0.1) is 7.11 Å². The van der Waals surface area contributed by atoms with E-state index in [1.807, 2.05) is 12.1 Å². The number of hydrogen-bond acceptors (Lipinski definition) is 1. The van der Waals surface area contributed by atoms with Crippen LogP contribution in [0, 0.1) is 11.2 Å². The van der Waals surface area contributed by atoms with Crippen molar-refractivity contribution in [1.82, 2.24) is 0 Å². The Labute approximate surface area is 110 Å². The highest BCUT2D eigenvalue weighted by Crippen LogP contribution is 2.43. The maximum atomic E-state index is 14.1. The van der Waals surface area contributed by atoms with E-state index in [0.29, 0.717) is 5.75 Å². The smallest absolute Gasteiger partial charge is 0.168 e. The molecule has 0 aromatic heterocycles. The molecule has 0 saturated heterocycles. The number of hydrogen-bond donors (Lipinski definition) is 0. The lowest BCUT2D eigenvalue weighted by Gasteiger charge is -2.27. The standard InChI is InChI=1S/C14H18BrFO/c1-17-12-6-4-5-11(13(12)16)9-14(10-15)7-2-3-8-14/h4-6H,2-3,7-10H2,1H3. The van der Waals surface area contributed by atoms with Crippen molar-refractivity contribution in [3.63, 3.8) is 0 Å². The zero-order chi connectivity index (χ0) is 12.3. The summed E-state index contributed by atoms with van der Waals surface area (Å²) in [5, 5.41) is 0.955. The highest BCUT2D eigenvalue weighted by molar-refractivity contribution is 9.09. The van der Waals surface area contributed by atoms with Gasteiger partial charge in [-0.1, -0.05) is 40.9 Å². The summed E-state index contributed by atoms with van der Waals surface area (Å²) in [6.45, 7) is 0. The van der Waals surface area contributed by atoms with Crippen LogP contribution in [-0.2, 0) is 6.42 Å². The molecule has 1 nitrogen and oxygen atoms in total. The van der Waals surface area contributed by atoms with Crippen molar-refractivity contribution in [2.24, 2.45) is 5.41 Å². The second-order valence-electron chi connectivity index (χ2n) is 4.95. The second-order valence-corrected chi connectivity index (χ2v) is 5.51. The van der Waals surface area contributed by atoms with Gasteiger partial charge < -0.3 is 4.74 Å². The van der Waals surface area contributed by atoms with Crippen molar-refractivity contribution in [3.05, 3.63) is 29.6 Å². The van der Waals surface area contributed by atoms with Crippen LogP contribution >= 0.6 is 15.9 Å². The predicted molar refractivity (Wildman–Crippen MR) is 71.4 cm³/mol. The summed E-state index contributed by atoms with van der Waals surface area (Å²) >= 11 is 3.60. The zero-order valence-corrected chi connectivity index (χ0v) is 11.7. The van der Waals surface area contributed by atoms with Gasteiger partial charge >= 0.3 is 0 Å². The lowest BCUT2D eigenvalue weighted by molar-refractivity contribution is 0.334. The van der Waals surface area contributed by atoms with Gasteiger partial charge in [0.2, 0.25) is 0 Å². The number of methoxy groups -OCH3 is 1. The molecule has 1 saturated carbocycles. The summed E-state index contributed by atoms with van der Waals surface area (Å²) in [4.78, 5) is 0. The van der Waals surface area contributed by atoms with Crippen LogP contribution in [0.1, 0.15) is 31.2 Å². The van der Waals surface area contributed by atoms with E-state index in [1.54, 1.807) is 6.07 Å². The third-order valence-electron chi connectivity index (χ3n) is 3.78. The minimum atomic E-state index is -0.192. The van der Waals surface area contributed by atoms with Crippen molar-refractivity contribution >= 4 is 15.9 Å². The van der Waals surface area contributed by atoms with Crippen LogP contribution in [0.2, 0.25) is 0 Å². The average molecular weight is 301 g/mol. The van der Waals surface area contributed by atoms with E-state index in [0.717, 1.165) is 17.3 Å². The maximum Gasteiger partial charge on any atom is 0.168 e. The van der Waals surface area contributed by atoms with Crippen molar-refractivity contribution in [3.8, 4) is 5.75 Å². The lowest BCUT2D eigenvalue weighted by Crippen LogP contribution is -2.22. The molecular formula is C14H18BrFO. The molecule has 1 aromatic rings. The molecule has 1 aliphatic rings. The number of benzene rings is 1. The SMILES string of the molecule is COc1cccc(CC2(CBr)CCCC2)c1F. The molecule has 1 aromatic carbocycles. The first-order chi connectivity index (χ1) is 8.21. The Morgan fingerprint density at radius 3 is 2.65 bits per heavy atom. The molecule has 0 heterocycles. The molecule has 0 aliphatic heterocycles. The third kappa shape index (κ3) is 2.65. The Balaban J connectivity index is 2.23. The van der Waals surface area contributed by atoms with E-state index in [-0.39, 0.29) is 11.2 Å². The molecule has 0 spiro atoms. The molecule has 0 atom stereocenters. The number of alkyl halides is 1. The van der Waals surface area contributed by atoms with Gasteiger partial charge in [-0.25, -0.2) is 4.39 Å². The molecule has 0 bridgehead atoms. The fraction of sp³-hybridized carbons (Fsp3) is 0.571. The summed E-state index contributed by atoms with van der Waals surface area (Å²) < 4.78 is 19.1. The number of ether oxygens (including phenoxy) is 1. The number of halogens is 2. The largest absolute Gasteiger partial charge is 0.494 e. The average Bonchev–Trinajstić information content (AvgIpc) is 2.81. The molecular weight excluding hydrogens is 283 g/mol. The Kier molecular flexibility index (Phi) is 4.08. The first-order valence-corrected chi connectivity index (χ1v) is 7.20. The Hall–Kier alpha value is -0.570. The Bertz CT molecular complexity index is 386. The van der Waals surface area contributed by atoms with Crippen molar-refractivity contribution in [2.75, 3.05) is 12.4 Å². The van der Waals surface area contributed by atoms with Gasteiger partial charge in [0.1, 0.15) is 0 Å². The fourth-order valence-electron chi connectivity index (χ4n) is 2.74. The Morgan fingerprint density at radius 2 is 2.06 bits per heavy atom. The first-order valence-electron chi connectivity index (χ1n) is 6.08. The predicted octanol–water partition coefficient (Wildman–Crippen LogP) is 4.33. The summed E-state index contributed by atoms with van der Waals surface area (Å²) in [6, 6.07) is 5.42. The molecule has 0 radical (unpaired) electrons. The van der Waals surface area contributed by atoms with Gasteiger partial charge in [0.25, 0.3) is 0 Å². The van der Waals surface area contributed by atoms with Crippen molar-refractivity contribution in [2.45, 2.75) is 32.1 Å². The minimum Gasteiger partial charge on any atom is -0.494 e. The van der Waals surface area contributed by atoms with Crippen molar-refractivity contribution in [1.29, 1.82) is 0 Å². The lowest BCUT2D eigenvalue weighted by atomic mass is 9.82. The van der Waals surface area contributed by atoms with Gasteiger partial charge in [-0.3, -0.25) is 0 Å². The quantitative estimate of drug-likeness (QED) is 0.752. The topological polar surface area (TPSA) is 9.23 Å². The highest BCUT2D eigenvalue weighted by Gasteiger charge is 2.33. The van der Waals surface area contributed by atoms with E-state index in [9.17, 15) is 4.39 Å². The van der Waals surface area contributed by atoms with Crippen LogP contribution in [0.5, 0.6) is 5.75 Å². The van der Waals surface area contributed by atoms with Crippen LogP contribution in [-0.4, -0.2) is 12.4 Å². The van der Waals surface area contributed by atoms with Crippen LogP contribution in [0.15, 0.2) is 18.2 Å². The van der Waals surface area contributed by atoms with Gasteiger partial charge in [-0.2, -0.15) is 0 Å². The second kappa shape index (κ2) is 5.38. The zero-order valence-electron chi connectivity index (χ0n) is 10.1. The number of rotatable bonds is 4. The maximum absolute atomic E-state index is 14.1. The third-order valence-corrected chi connectivity index (χ3v) is 4.97. The first kappa shape index (κ1) is 12.9. The molecule has 3 heteroatoms. The van der Waals surface area contributed by atoms with E-state index in [4.69, 9.17) is 4.74 Å². The molecule has 17 heavy (non-hydrogen) atoms. The molecule has 1 fully saturated rings. The van der Waals surface area contributed by atoms with Crippen LogP contribution in [0.25, 0.3) is 0 Å². The fourth-order valence-corrected chi connectivity index (χ4v) is 3.50. The monoisotopic (exact) mass is 300 g/mol. The summed E-state index contributed by atoms with van der Waals surface area (Å²) in [5.74, 6) is 0.160. The molecule has 94 valence electrons. The molecule has 0 N–H and O–H groups in total. The minimum absolute atomic E-state index is 0.192. The van der Waals surface area contributed by atoms with Gasteiger partial charge in [-0.05, 0) is 36.3 Å². The molecule has 1 aliphatic carbocycles. The van der Waals surface area contributed by atoms with Crippen LogP contribution in [0.3, 0.4) is 0 Å². The van der Waals surface area contributed by atoms with Gasteiger partial charge in [0, 0.05) is 5.33 Å². The molecule has 0 amide bonds. The summed E-state index contributed by atoms with van der Waals surface area (Å²) in [7, 11) is 1.51. The van der Waals surface area contributed by atoms with Crippen LogP contribution < -0.4 is 4.74 Å². The van der Waals surface area contributed by atoms with Gasteiger partial charge in [0.15, 0.2) is 11.6 Å². The summed E-state index contributed by atoms with van der Waals surface area (Å²) in [5.41, 5.74) is 1.03. The van der Waals surface area contributed by atoms with Crippen molar-refractivity contribution < 1.29 is 9.13 Å². The normalized spacial score (nSPS) is 18.3. The highest BCUT2D eigenvalue weighted by atomic mass is 79.9. The van der Waals surface area contributed by atoms with Crippen LogP contribution in [0.4, 0.5) is 4.39 Å².